The van der Waals surface area contributed by atoms with E-state index in [9.17, 15) is 18.0 Å². The number of carbonyl (C=O) groups is 1. The van der Waals surface area contributed by atoms with Gasteiger partial charge in [-0.1, -0.05) is 0 Å². The Balaban J connectivity index is 2.27. The van der Waals surface area contributed by atoms with Gasteiger partial charge in [0.1, 0.15) is 12.6 Å². The van der Waals surface area contributed by atoms with E-state index in [4.69, 9.17) is 4.74 Å². The lowest BCUT2D eigenvalue weighted by Gasteiger charge is -2.22. The number of halogens is 3. The molecule has 1 fully saturated rings. The average Bonchev–Trinajstić information content (AvgIpc) is 2.14. The van der Waals surface area contributed by atoms with E-state index < -0.39 is 24.7 Å². The Morgan fingerprint density at radius 3 is 2.79 bits per heavy atom. The minimum absolute atomic E-state index is 0.254. The van der Waals surface area contributed by atoms with Crippen molar-refractivity contribution in [2.75, 3.05) is 26.2 Å². The number of ether oxygens (including phenoxy) is 1. The molecule has 0 aromatic heterocycles. The van der Waals surface area contributed by atoms with Crippen LogP contribution >= 0.6 is 0 Å². The standard InChI is InChI=1S/C7H11F3N2O2/c8-7(9,10)4-12-6(13)5-3-11-1-2-14-5/h5,11H,1-4H2,(H,12,13)/t5-/m0/s1. The maximum absolute atomic E-state index is 11.7. The molecule has 1 saturated heterocycles. The Labute approximate surface area is 78.8 Å². The third-order valence-electron chi connectivity index (χ3n) is 1.68. The summed E-state index contributed by atoms with van der Waals surface area (Å²) in [6.45, 7) is -0.109. The van der Waals surface area contributed by atoms with Crippen molar-refractivity contribution in [1.29, 1.82) is 0 Å². The molecule has 1 aliphatic heterocycles. The number of hydrogen-bond acceptors (Lipinski definition) is 3. The predicted molar refractivity (Wildman–Crippen MR) is 41.7 cm³/mol. The van der Waals surface area contributed by atoms with E-state index in [2.05, 4.69) is 5.32 Å². The summed E-state index contributed by atoms with van der Waals surface area (Å²) < 4.78 is 40.1. The predicted octanol–water partition coefficient (Wildman–Crippen LogP) is -0.347. The first-order valence-corrected chi connectivity index (χ1v) is 4.16. The first kappa shape index (κ1) is 11.3. The van der Waals surface area contributed by atoms with Crippen LogP contribution in [0.5, 0.6) is 0 Å². The third-order valence-corrected chi connectivity index (χ3v) is 1.68. The zero-order valence-corrected chi connectivity index (χ0v) is 7.36. The summed E-state index contributed by atoms with van der Waals surface area (Å²) in [5.41, 5.74) is 0. The van der Waals surface area contributed by atoms with Crippen molar-refractivity contribution in [3.63, 3.8) is 0 Å². The highest BCUT2D eigenvalue weighted by Gasteiger charge is 2.30. The van der Waals surface area contributed by atoms with E-state index in [1.807, 2.05) is 0 Å². The molecule has 14 heavy (non-hydrogen) atoms. The first-order valence-electron chi connectivity index (χ1n) is 4.16. The summed E-state index contributed by atoms with van der Waals surface area (Å²) in [5, 5.41) is 4.61. The minimum Gasteiger partial charge on any atom is -0.366 e. The molecule has 82 valence electrons. The number of alkyl halides is 3. The summed E-state index contributed by atoms with van der Waals surface area (Å²) in [6.07, 6.45) is -5.19. The van der Waals surface area contributed by atoms with Crippen molar-refractivity contribution < 1.29 is 22.7 Å². The Hall–Kier alpha value is -0.820. The first-order chi connectivity index (χ1) is 6.49. The molecule has 1 rings (SSSR count). The highest BCUT2D eigenvalue weighted by molar-refractivity contribution is 5.81. The van der Waals surface area contributed by atoms with Crippen LogP contribution < -0.4 is 10.6 Å². The van der Waals surface area contributed by atoms with E-state index in [1.54, 1.807) is 5.32 Å². The SMILES string of the molecule is O=C(NCC(F)(F)F)[C@@H]1CNCCO1. The number of carbonyl (C=O) groups excluding carboxylic acids is 1. The van der Waals surface area contributed by atoms with Gasteiger partial charge in [0.05, 0.1) is 6.61 Å². The molecule has 1 aliphatic rings. The van der Waals surface area contributed by atoms with Crippen molar-refractivity contribution >= 4 is 5.91 Å². The number of hydrogen-bond donors (Lipinski definition) is 2. The molecule has 0 spiro atoms. The van der Waals surface area contributed by atoms with Crippen LogP contribution in [0.15, 0.2) is 0 Å². The molecule has 2 N–H and O–H groups in total. The van der Waals surface area contributed by atoms with Gasteiger partial charge in [0.2, 0.25) is 0 Å². The molecule has 0 saturated carbocycles. The number of morpholine rings is 1. The van der Waals surface area contributed by atoms with E-state index in [0.29, 0.717) is 13.2 Å². The van der Waals surface area contributed by atoms with Crippen LogP contribution in [0.3, 0.4) is 0 Å². The third kappa shape index (κ3) is 3.93. The summed E-state index contributed by atoms with van der Waals surface area (Å²) in [7, 11) is 0. The molecule has 1 amide bonds. The Morgan fingerprint density at radius 2 is 2.29 bits per heavy atom. The zero-order chi connectivity index (χ0) is 10.6. The highest BCUT2D eigenvalue weighted by atomic mass is 19.4. The number of nitrogens with one attached hydrogen (secondary N) is 2. The Bertz CT molecular complexity index is 202. The van der Waals surface area contributed by atoms with Gasteiger partial charge in [0.25, 0.3) is 5.91 Å². The summed E-state index contributed by atoms with van der Waals surface area (Å²) in [4.78, 5) is 11.1. The van der Waals surface area contributed by atoms with Crippen molar-refractivity contribution in [1.82, 2.24) is 10.6 Å². The fourth-order valence-electron chi connectivity index (χ4n) is 1.03. The molecule has 1 heterocycles. The zero-order valence-electron chi connectivity index (χ0n) is 7.36. The van der Waals surface area contributed by atoms with Crippen LogP contribution in [-0.4, -0.2) is 44.4 Å². The van der Waals surface area contributed by atoms with Crippen LogP contribution in [0.25, 0.3) is 0 Å². The second-order valence-electron chi connectivity index (χ2n) is 2.90. The molecular formula is C7H11F3N2O2. The molecule has 0 bridgehead atoms. The minimum atomic E-state index is -4.38. The van der Waals surface area contributed by atoms with Crippen LogP contribution in [0.4, 0.5) is 13.2 Å². The molecule has 7 heteroatoms. The molecule has 0 radical (unpaired) electrons. The lowest BCUT2D eigenvalue weighted by molar-refractivity contribution is -0.146. The molecule has 4 nitrogen and oxygen atoms in total. The van der Waals surface area contributed by atoms with Crippen molar-refractivity contribution in [2.45, 2.75) is 12.3 Å². The lowest BCUT2D eigenvalue weighted by Crippen LogP contribution is -2.49. The summed E-state index contributed by atoms with van der Waals surface area (Å²) >= 11 is 0. The van der Waals surface area contributed by atoms with Crippen LogP contribution in [0.1, 0.15) is 0 Å². The van der Waals surface area contributed by atoms with Gasteiger partial charge in [-0.05, 0) is 0 Å². The smallest absolute Gasteiger partial charge is 0.366 e. The van der Waals surface area contributed by atoms with E-state index >= 15 is 0 Å². The topological polar surface area (TPSA) is 50.4 Å². The second kappa shape index (κ2) is 4.61. The molecular weight excluding hydrogens is 201 g/mol. The average molecular weight is 212 g/mol. The molecule has 1 atom stereocenters. The second-order valence-corrected chi connectivity index (χ2v) is 2.90. The van der Waals surface area contributed by atoms with E-state index in [0.717, 1.165) is 0 Å². The van der Waals surface area contributed by atoms with Gasteiger partial charge < -0.3 is 15.4 Å². The van der Waals surface area contributed by atoms with E-state index in [1.165, 1.54) is 0 Å². The molecule has 0 unspecified atom stereocenters. The quantitative estimate of drug-likeness (QED) is 0.658. The van der Waals surface area contributed by atoms with Crippen LogP contribution in [0.2, 0.25) is 0 Å². The number of amides is 1. The Morgan fingerprint density at radius 1 is 1.57 bits per heavy atom. The van der Waals surface area contributed by atoms with Gasteiger partial charge >= 0.3 is 6.18 Å². The van der Waals surface area contributed by atoms with Gasteiger partial charge in [-0.3, -0.25) is 4.79 Å². The van der Waals surface area contributed by atoms with Gasteiger partial charge in [-0.25, -0.2) is 0 Å². The van der Waals surface area contributed by atoms with Gasteiger partial charge in [0, 0.05) is 13.1 Å². The maximum Gasteiger partial charge on any atom is 0.405 e. The van der Waals surface area contributed by atoms with Crippen molar-refractivity contribution in [3.05, 3.63) is 0 Å². The fraction of sp³-hybridized carbons (Fsp3) is 0.857. The largest absolute Gasteiger partial charge is 0.405 e. The Kier molecular flexibility index (Phi) is 3.70. The summed E-state index contributed by atoms with van der Waals surface area (Å²) in [5.74, 6) is -0.727. The van der Waals surface area contributed by atoms with Crippen molar-refractivity contribution in [3.8, 4) is 0 Å². The molecule has 0 aliphatic carbocycles. The molecule has 0 aromatic carbocycles. The monoisotopic (exact) mass is 212 g/mol. The highest BCUT2D eigenvalue weighted by Crippen LogP contribution is 2.12. The van der Waals surface area contributed by atoms with Gasteiger partial charge in [-0.15, -0.1) is 0 Å². The number of rotatable bonds is 2. The lowest BCUT2D eigenvalue weighted by atomic mass is 10.3. The van der Waals surface area contributed by atoms with Crippen LogP contribution in [-0.2, 0) is 9.53 Å². The van der Waals surface area contributed by atoms with E-state index in [-0.39, 0.29) is 6.54 Å². The van der Waals surface area contributed by atoms with Gasteiger partial charge in [0.15, 0.2) is 0 Å². The fourth-order valence-corrected chi connectivity index (χ4v) is 1.03. The van der Waals surface area contributed by atoms with Crippen molar-refractivity contribution in [2.24, 2.45) is 0 Å². The van der Waals surface area contributed by atoms with Crippen LogP contribution in [0, 0.1) is 0 Å². The normalized spacial score (nSPS) is 23.2. The molecule has 0 aromatic rings. The van der Waals surface area contributed by atoms with Gasteiger partial charge in [-0.2, -0.15) is 13.2 Å². The summed E-state index contributed by atoms with van der Waals surface area (Å²) in [6, 6.07) is 0. The maximum atomic E-state index is 11.7.